The van der Waals surface area contributed by atoms with Crippen molar-refractivity contribution in [3.63, 3.8) is 0 Å². The summed E-state index contributed by atoms with van der Waals surface area (Å²) >= 11 is 0. The number of methoxy groups -OCH3 is 1. The van der Waals surface area contributed by atoms with Crippen molar-refractivity contribution in [2.75, 3.05) is 38.6 Å². The van der Waals surface area contributed by atoms with Crippen molar-refractivity contribution in [1.82, 2.24) is 0 Å². The van der Waals surface area contributed by atoms with E-state index in [1.807, 2.05) is 31.2 Å². The molecule has 0 radical (unpaired) electrons. The van der Waals surface area contributed by atoms with Gasteiger partial charge < -0.3 is 19.9 Å². The zero-order valence-corrected chi connectivity index (χ0v) is 18.1. The Morgan fingerprint density at radius 3 is 2.28 bits per heavy atom. The summed E-state index contributed by atoms with van der Waals surface area (Å²) in [6.45, 7) is 11.8. The second-order valence-electron chi connectivity index (χ2n) is 8.39. The van der Waals surface area contributed by atoms with E-state index in [2.05, 4.69) is 43.4 Å². The van der Waals surface area contributed by atoms with Crippen LogP contribution in [0, 0.1) is 0 Å². The fourth-order valence-electron chi connectivity index (χ4n) is 4.02. The maximum absolute atomic E-state index is 12.7. The minimum atomic E-state index is -0.0770. The number of carbonyl (C=O) groups is 1. The Morgan fingerprint density at radius 2 is 1.66 bits per heavy atom. The van der Waals surface area contributed by atoms with Gasteiger partial charge in [0.1, 0.15) is 38.5 Å². The van der Waals surface area contributed by atoms with Crippen LogP contribution >= 0.6 is 0 Å². The number of amides is 1. The molecule has 1 aliphatic heterocycles. The number of nitrogens with one attached hydrogen (secondary N) is 3. The predicted molar refractivity (Wildman–Crippen MR) is 117 cm³/mol. The van der Waals surface area contributed by atoms with Crippen molar-refractivity contribution in [3.05, 3.63) is 59.7 Å². The molecule has 0 saturated carbocycles. The molecule has 1 aliphatic rings. The van der Waals surface area contributed by atoms with Gasteiger partial charge in [-0.3, -0.25) is 4.79 Å². The number of anilines is 1. The Bertz CT molecular complexity index is 796. The number of piperazine rings is 1. The average molecular weight is 398 g/mol. The summed E-state index contributed by atoms with van der Waals surface area (Å²) in [4.78, 5) is 15.7. The summed E-state index contributed by atoms with van der Waals surface area (Å²) in [7, 11) is 1.62. The van der Waals surface area contributed by atoms with Crippen LogP contribution in [0.5, 0.6) is 5.75 Å². The standard InChI is InChI=1S/C24H33N3O2/c1-18(2)21-11-9-20(10-12-21)17-26-13-15-27(16-14-26)19(3)24(28)25-22-7-5-6-8-23(22)29-4/h5-12,18-19H,13-17H2,1-4H3,(H,25,28)/p+2/t19-/m1/s1. The van der Waals surface area contributed by atoms with Gasteiger partial charge in [-0.15, -0.1) is 0 Å². The normalized spacial score (nSPS) is 20.3. The van der Waals surface area contributed by atoms with Gasteiger partial charge in [0.2, 0.25) is 0 Å². The lowest BCUT2D eigenvalue weighted by molar-refractivity contribution is -1.02. The van der Waals surface area contributed by atoms with Crippen LogP contribution in [-0.4, -0.2) is 45.2 Å². The molecule has 1 saturated heterocycles. The third-order valence-electron chi connectivity index (χ3n) is 6.07. The minimum Gasteiger partial charge on any atom is -0.495 e. The Morgan fingerprint density at radius 1 is 1.00 bits per heavy atom. The average Bonchev–Trinajstić information content (AvgIpc) is 2.74. The number of para-hydroxylation sites is 2. The molecule has 0 spiro atoms. The quantitative estimate of drug-likeness (QED) is 0.656. The molecule has 1 heterocycles. The molecule has 29 heavy (non-hydrogen) atoms. The third kappa shape index (κ3) is 5.58. The van der Waals surface area contributed by atoms with Crippen LogP contribution in [-0.2, 0) is 11.3 Å². The molecular formula is C24H35N3O2+2. The molecular weight excluding hydrogens is 362 g/mol. The Balaban J connectivity index is 1.49. The van der Waals surface area contributed by atoms with Crippen molar-refractivity contribution in [2.24, 2.45) is 0 Å². The van der Waals surface area contributed by atoms with Gasteiger partial charge in [0.15, 0.2) is 6.04 Å². The van der Waals surface area contributed by atoms with Crippen molar-refractivity contribution < 1.29 is 19.3 Å². The van der Waals surface area contributed by atoms with Crippen molar-refractivity contribution >= 4 is 11.6 Å². The van der Waals surface area contributed by atoms with Gasteiger partial charge in [0.25, 0.3) is 5.91 Å². The lowest BCUT2D eigenvalue weighted by Crippen LogP contribution is -3.29. The van der Waals surface area contributed by atoms with E-state index in [0.29, 0.717) is 11.7 Å². The van der Waals surface area contributed by atoms with Crippen LogP contribution < -0.4 is 19.9 Å². The highest BCUT2D eigenvalue weighted by Gasteiger charge is 2.31. The molecule has 3 rings (SSSR count). The van der Waals surface area contributed by atoms with Crippen molar-refractivity contribution in [3.8, 4) is 5.75 Å². The second-order valence-corrected chi connectivity index (χ2v) is 8.39. The smallest absolute Gasteiger partial charge is 0.282 e. The molecule has 0 aromatic heterocycles. The summed E-state index contributed by atoms with van der Waals surface area (Å²) in [5.74, 6) is 1.32. The Hall–Kier alpha value is -2.37. The number of hydrogen-bond acceptors (Lipinski definition) is 2. The highest BCUT2D eigenvalue weighted by molar-refractivity contribution is 5.94. The molecule has 1 atom stereocenters. The maximum Gasteiger partial charge on any atom is 0.282 e. The van der Waals surface area contributed by atoms with E-state index in [1.54, 1.807) is 12.0 Å². The number of carbonyl (C=O) groups excluding carboxylic acids is 1. The summed E-state index contributed by atoms with van der Waals surface area (Å²) in [6, 6.07) is 16.5. The lowest BCUT2D eigenvalue weighted by Gasteiger charge is -2.32. The van der Waals surface area contributed by atoms with E-state index >= 15 is 0 Å². The monoisotopic (exact) mass is 397 g/mol. The van der Waals surface area contributed by atoms with Gasteiger partial charge in [-0.1, -0.05) is 50.2 Å². The first-order chi connectivity index (χ1) is 14.0. The van der Waals surface area contributed by atoms with Crippen molar-refractivity contribution in [2.45, 2.75) is 39.3 Å². The molecule has 1 fully saturated rings. The van der Waals surface area contributed by atoms with Crippen molar-refractivity contribution in [1.29, 1.82) is 0 Å². The highest BCUT2D eigenvalue weighted by Crippen LogP contribution is 2.22. The summed E-state index contributed by atoms with van der Waals surface area (Å²) in [5.41, 5.74) is 3.53. The van der Waals surface area contributed by atoms with Gasteiger partial charge in [-0.05, 0) is 30.5 Å². The molecule has 2 aromatic rings. The number of benzene rings is 2. The van der Waals surface area contributed by atoms with E-state index in [0.717, 1.165) is 38.4 Å². The number of rotatable bonds is 7. The van der Waals surface area contributed by atoms with Gasteiger partial charge >= 0.3 is 0 Å². The molecule has 3 N–H and O–H groups in total. The van der Waals surface area contributed by atoms with E-state index < -0.39 is 0 Å². The minimum absolute atomic E-state index is 0.0530. The largest absolute Gasteiger partial charge is 0.495 e. The van der Waals surface area contributed by atoms with Crippen LogP contribution in [0.4, 0.5) is 5.69 Å². The molecule has 1 amide bonds. The summed E-state index contributed by atoms with van der Waals surface area (Å²) < 4.78 is 5.34. The molecule has 5 nitrogen and oxygen atoms in total. The molecule has 0 aliphatic carbocycles. The van der Waals surface area contributed by atoms with E-state index in [9.17, 15) is 4.79 Å². The highest BCUT2D eigenvalue weighted by atomic mass is 16.5. The SMILES string of the molecule is COc1ccccc1NC(=O)[C@@H](C)[NH+]1CC[NH+](Cc2ccc(C(C)C)cc2)CC1. The fourth-order valence-corrected chi connectivity index (χ4v) is 4.02. The van der Waals surface area contributed by atoms with Gasteiger partial charge in [-0.2, -0.15) is 0 Å². The Kier molecular flexibility index (Phi) is 7.29. The molecule has 2 aromatic carbocycles. The first kappa shape index (κ1) is 21.3. The zero-order chi connectivity index (χ0) is 20.8. The van der Waals surface area contributed by atoms with Gasteiger partial charge in [0.05, 0.1) is 12.8 Å². The van der Waals surface area contributed by atoms with E-state index in [-0.39, 0.29) is 11.9 Å². The van der Waals surface area contributed by atoms with Crippen LogP contribution in [0.1, 0.15) is 37.8 Å². The predicted octanol–water partition coefficient (Wildman–Crippen LogP) is 1.13. The van der Waals surface area contributed by atoms with Crippen LogP contribution in [0.25, 0.3) is 0 Å². The lowest BCUT2D eigenvalue weighted by atomic mass is 10.0. The molecule has 156 valence electrons. The first-order valence-electron chi connectivity index (χ1n) is 10.7. The molecule has 5 heteroatoms. The first-order valence-corrected chi connectivity index (χ1v) is 10.7. The van der Waals surface area contributed by atoms with Gasteiger partial charge in [0, 0.05) is 5.56 Å². The number of ether oxygens (including phenoxy) is 1. The summed E-state index contributed by atoms with van der Waals surface area (Å²) in [5, 5.41) is 3.03. The Labute approximate surface area is 174 Å². The fraction of sp³-hybridized carbons (Fsp3) is 0.458. The topological polar surface area (TPSA) is 47.2 Å². The third-order valence-corrected chi connectivity index (χ3v) is 6.07. The number of quaternary nitrogens is 2. The van der Waals surface area contributed by atoms with Crippen LogP contribution in [0.2, 0.25) is 0 Å². The summed E-state index contributed by atoms with van der Waals surface area (Å²) in [6.07, 6.45) is 0. The second kappa shape index (κ2) is 9.90. The zero-order valence-electron chi connectivity index (χ0n) is 18.1. The van der Waals surface area contributed by atoms with E-state index in [1.165, 1.54) is 16.0 Å². The maximum atomic E-state index is 12.7. The molecule has 0 bridgehead atoms. The number of hydrogen-bond donors (Lipinski definition) is 3. The van der Waals surface area contributed by atoms with E-state index in [4.69, 9.17) is 4.74 Å². The van der Waals surface area contributed by atoms with Crippen LogP contribution in [0.3, 0.4) is 0 Å². The van der Waals surface area contributed by atoms with Gasteiger partial charge in [-0.25, -0.2) is 0 Å². The van der Waals surface area contributed by atoms with Crippen LogP contribution in [0.15, 0.2) is 48.5 Å². The molecule has 0 unspecified atom stereocenters.